The lowest BCUT2D eigenvalue weighted by molar-refractivity contribution is 0.111. The SMILES string of the molecule is CN=CC(/C=C/c1cc(OC)c(C=O)c(OC)c1)=C(/C)[C@H](C)c1ccc2c(c1)OCCO2. The minimum Gasteiger partial charge on any atom is -0.496 e. The molecule has 0 fully saturated rings. The Balaban J connectivity index is 1.95. The molecular weight excluding hydrogens is 406 g/mol. The van der Waals surface area contributed by atoms with Crippen LogP contribution in [0.5, 0.6) is 23.0 Å². The average molecular weight is 436 g/mol. The van der Waals surface area contributed by atoms with E-state index in [0.29, 0.717) is 30.3 Å². The van der Waals surface area contributed by atoms with Crippen LogP contribution in [0.1, 0.15) is 41.3 Å². The van der Waals surface area contributed by atoms with Crippen molar-refractivity contribution in [3.63, 3.8) is 0 Å². The van der Waals surface area contributed by atoms with Gasteiger partial charge < -0.3 is 18.9 Å². The average Bonchev–Trinajstić information content (AvgIpc) is 2.84. The second-order valence-corrected chi connectivity index (χ2v) is 7.44. The van der Waals surface area contributed by atoms with E-state index in [0.717, 1.165) is 40.1 Å². The minimum absolute atomic E-state index is 0.144. The van der Waals surface area contributed by atoms with Gasteiger partial charge in [0.2, 0.25) is 0 Å². The Morgan fingerprint density at radius 1 is 1.06 bits per heavy atom. The van der Waals surface area contributed by atoms with Gasteiger partial charge >= 0.3 is 0 Å². The smallest absolute Gasteiger partial charge is 0.161 e. The highest BCUT2D eigenvalue weighted by atomic mass is 16.6. The zero-order chi connectivity index (χ0) is 23.1. The minimum atomic E-state index is 0.144. The van der Waals surface area contributed by atoms with Crippen molar-refractivity contribution in [1.82, 2.24) is 0 Å². The quantitative estimate of drug-likeness (QED) is 0.327. The number of rotatable bonds is 8. The third-order valence-electron chi connectivity index (χ3n) is 5.58. The van der Waals surface area contributed by atoms with Gasteiger partial charge in [0.05, 0.1) is 19.8 Å². The molecule has 1 atom stereocenters. The van der Waals surface area contributed by atoms with Gasteiger partial charge in [0, 0.05) is 19.2 Å². The van der Waals surface area contributed by atoms with Gasteiger partial charge in [0.15, 0.2) is 17.8 Å². The van der Waals surface area contributed by atoms with Crippen molar-refractivity contribution in [2.75, 3.05) is 34.5 Å². The number of aliphatic imine (C=N–C) groups is 1. The topological polar surface area (TPSA) is 66.4 Å². The molecule has 0 unspecified atom stereocenters. The number of fused-ring (bicyclic) bond motifs is 1. The first-order chi connectivity index (χ1) is 15.5. The summed E-state index contributed by atoms with van der Waals surface area (Å²) in [7, 11) is 4.81. The van der Waals surface area contributed by atoms with Gasteiger partial charge in [0.1, 0.15) is 24.7 Å². The van der Waals surface area contributed by atoms with Crippen molar-refractivity contribution in [3.05, 3.63) is 64.2 Å². The summed E-state index contributed by atoms with van der Waals surface area (Å²) < 4.78 is 22.1. The Labute approximate surface area is 189 Å². The van der Waals surface area contributed by atoms with E-state index in [1.54, 1.807) is 7.05 Å². The molecule has 0 aromatic heterocycles. The number of carbonyl (C=O) groups excluding carboxylic acids is 1. The van der Waals surface area contributed by atoms with E-state index in [1.165, 1.54) is 14.2 Å². The van der Waals surface area contributed by atoms with E-state index in [-0.39, 0.29) is 5.92 Å². The first-order valence-corrected chi connectivity index (χ1v) is 10.4. The number of methoxy groups -OCH3 is 2. The molecule has 1 heterocycles. The van der Waals surface area contributed by atoms with Crippen LogP contribution in [0.2, 0.25) is 0 Å². The number of hydrogen-bond donors (Lipinski definition) is 0. The molecule has 0 saturated carbocycles. The van der Waals surface area contributed by atoms with Crippen LogP contribution in [0.25, 0.3) is 6.08 Å². The Morgan fingerprint density at radius 2 is 1.72 bits per heavy atom. The van der Waals surface area contributed by atoms with E-state index < -0.39 is 0 Å². The lowest BCUT2D eigenvalue weighted by atomic mass is 9.90. The van der Waals surface area contributed by atoms with E-state index in [2.05, 4.69) is 24.9 Å². The number of benzene rings is 2. The summed E-state index contributed by atoms with van der Waals surface area (Å²) in [5.74, 6) is 2.64. The highest BCUT2D eigenvalue weighted by Crippen LogP contribution is 2.36. The van der Waals surface area contributed by atoms with Gasteiger partial charge in [-0.05, 0) is 47.9 Å². The van der Waals surface area contributed by atoms with Crippen molar-refractivity contribution in [2.45, 2.75) is 19.8 Å². The van der Waals surface area contributed by atoms with E-state index in [4.69, 9.17) is 18.9 Å². The van der Waals surface area contributed by atoms with E-state index in [9.17, 15) is 4.79 Å². The summed E-state index contributed by atoms with van der Waals surface area (Å²) in [6, 6.07) is 9.69. The van der Waals surface area contributed by atoms with Gasteiger partial charge in [-0.3, -0.25) is 9.79 Å². The fourth-order valence-electron chi connectivity index (χ4n) is 3.60. The standard InChI is InChI=1S/C26H29NO5/c1-17(20-8-9-23-26(14-20)32-11-10-31-23)18(2)21(15-27-3)7-6-19-12-24(29-4)22(16-28)25(13-19)30-5/h6-9,12-17H,10-11H2,1-5H3/b7-6+,21-18-,27-15?/t17-/m0/s1. The predicted octanol–water partition coefficient (Wildman–Crippen LogP) is 5.12. The van der Waals surface area contributed by atoms with E-state index in [1.807, 2.05) is 42.6 Å². The molecule has 6 nitrogen and oxygen atoms in total. The molecule has 2 aromatic rings. The predicted molar refractivity (Wildman–Crippen MR) is 127 cm³/mol. The van der Waals surface area contributed by atoms with E-state index >= 15 is 0 Å². The van der Waals surface area contributed by atoms with Crippen LogP contribution in [-0.2, 0) is 0 Å². The first-order valence-electron chi connectivity index (χ1n) is 10.4. The summed E-state index contributed by atoms with van der Waals surface area (Å²) in [6.07, 6.45) is 6.54. The summed E-state index contributed by atoms with van der Waals surface area (Å²) in [4.78, 5) is 15.6. The highest BCUT2D eigenvalue weighted by molar-refractivity contribution is 5.87. The van der Waals surface area contributed by atoms with Crippen molar-refractivity contribution in [1.29, 1.82) is 0 Å². The van der Waals surface area contributed by atoms with Crippen LogP contribution < -0.4 is 18.9 Å². The van der Waals surface area contributed by atoms with Crippen LogP contribution in [-0.4, -0.2) is 47.0 Å². The molecule has 1 aliphatic heterocycles. The molecule has 0 aliphatic carbocycles. The molecule has 32 heavy (non-hydrogen) atoms. The van der Waals surface area contributed by atoms with Crippen LogP contribution in [0.15, 0.2) is 52.5 Å². The monoisotopic (exact) mass is 435 g/mol. The number of carbonyl (C=O) groups is 1. The van der Waals surface area contributed by atoms with Gasteiger partial charge in [-0.15, -0.1) is 0 Å². The molecule has 0 spiro atoms. The molecule has 0 bridgehead atoms. The number of aldehydes is 1. The molecule has 0 saturated heterocycles. The van der Waals surface area contributed by atoms with Crippen molar-refractivity contribution >= 4 is 18.6 Å². The molecule has 0 radical (unpaired) electrons. The third kappa shape index (κ3) is 5.02. The third-order valence-corrected chi connectivity index (χ3v) is 5.58. The summed E-state index contributed by atoms with van der Waals surface area (Å²) >= 11 is 0. The normalized spacial score (nSPS) is 14.9. The fraction of sp³-hybridized carbons (Fsp3) is 0.308. The summed E-state index contributed by atoms with van der Waals surface area (Å²) in [6.45, 7) is 5.39. The molecule has 0 amide bonds. The molecule has 2 aromatic carbocycles. The first kappa shape index (κ1) is 23.1. The lowest BCUT2D eigenvalue weighted by Gasteiger charge is -2.21. The number of allylic oxidation sites excluding steroid dienone is 3. The number of hydrogen-bond acceptors (Lipinski definition) is 6. The van der Waals surface area contributed by atoms with Gasteiger partial charge in [0.25, 0.3) is 0 Å². The summed E-state index contributed by atoms with van der Waals surface area (Å²) in [5.41, 5.74) is 4.53. The maximum Gasteiger partial charge on any atom is 0.161 e. The summed E-state index contributed by atoms with van der Waals surface area (Å²) in [5, 5.41) is 0. The molecule has 0 N–H and O–H groups in total. The van der Waals surface area contributed by atoms with Crippen molar-refractivity contribution in [2.24, 2.45) is 4.99 Å². The molecule has 168 valence electrons. The van der Waals surface area contributed by atoms with Crippen LogP contribution in [0.3, 0.4) is 0 Å². The molecule has 3 rings (SSSR count). The largest absolute Gasteiger partial charge is 0.496 e. The zero-order valence-corrected chi connectivity index (χ0v) is 19.2. The molecule has 6 heteroatoms. The molecule has 1 aliphatic rings. The zero-order valence-electron chi connectivity index (χ0n) is 19.2. The van der Waals surface area contributed by atoms with Crippen molar-refractivity contribution < 1.29 is 23.7 Å². The second-order valence-electron chi connectivity index (χ2n) is 7.44. The van der Waals surface area contributed by atoms with Crippen LogP contribution >= 0.6 is 0 Å². The number of ether oxygens (including phenoxy) is 4. The maximum absolute atomic E-state index is 11.4. The van der Waals surface area contributed by atoms with Gasteiger partial charge in [-0.2, -0.15) is 0 Å². The van der Waals surface area contributed by atoms with Gasteiger partial charge in [-0.1, -0.05) is 30.7 Å². The Bertz CT molecular complexity index is 1040. The molecular formula is C26H29NO5. The second kappa shape index (κ2) is 10.7. The Kier molecular flexibility index (Phi) is 7.71. The van der Waals surface area contributed by atoms with Crippen LogP contribution in [0, 0.1) is 0 Å². The van der Waals surface area contributed by atoms with Gasteiger partial charge in [-0.25, -0.2) is 0 Å². The van der Waals surface area contributed by atoms with Crippen LogP contribution in [0.4, 0.5) is 0 Å². The highest BCUT2D eigenvalue weighted by Gasteiger charge is 2.17. The fourth-order valence-corrected chi connectivity index (χ4v) is 3.60. The Morgan fingerprint density at radius 3 is 2.31 bits per heavy atom. The lowest BCUT2D eigenvalue weighted by Crippen LogP contribution is -2.15. The van der Waals surface area contributed by atoms with Crippen molar-refractivity contribution in [3.8, 4) is 23.0 Å². The number of nitrogens with zero attached hydrogens (tertiary/aromatic N) is 1. The Hall–Kier alpha value is -3.54. The maximum atomic E-state index is 11.4.